The first-order valence-electron chi connectivity index (χ1n) is 2.66. The second-order valence-corrected chi connectivity index (χ2v) is 2.91. The van der Waals surface area contributed by atoms with Crippen molar-refractivity contribution in [3.8, 4) is 0 Å². The molecule has 1 rings (SSSR count). The fourth-order valence-corrected chi connectivity index (χ4v) is 1.45. The largest absolute Gasteiger partial charge is 0.281 e. The van der Waals surface area contributed by atoms with Gasteiger partial charge in [0.2, 0.25) is 10.5 Å². The lowest BCUT2D eigenvalue weighted by molar-refractivity contribution is -0.114. The van der Waals surface area contributed by atoms with Crippen LogP contribution in [-0.4, -0.2) is 34.5 Å². The van der Waals surface area contributed by atoms with Crippen molar-refractivity contribution in [3.63, 3.8) is 0 Å². The molecule has 1 heterocycles. The maximum Gasteiger partial charge on any atom is 0.240 e. The molecule has 10 heavy (non-hydrogen) atoms. The molecule has 0 amide bonds. The van der Waals surface area contributed by atoms with Crippen LogP contribution >= 0.6 is 23.2 Å². The average molecular weight is 182 g/mol. The zero-order valence-corrected chi connectivity index (χ0v) is 6.69. The van der Waals surface area contributed by atoms with Crippen LogP contribution in [0.15, 0.2) is 0 Å². The van der Waals surface area contributed by atoms with Gasteiger partial charge in [0.1, 0.15) is 12.1 Å². The molecule has 2 unspecified atom stereocenters. The minimum absolute atomic E-state index is 0.494. The van der Waals surface area contributed by atoms with E-state index < -0.39 is 22.6 Å². The quantitative estimate of drug-likeness (QED) is 0.452. The van der Waals surface area contributed by atoms with Crippen molar-refractivity contribution in [2.45, 2.75) is 12.1 Å². The van der Waals surface area contributed by atoms with Gasteiger partial charge in [0.25, 0.3) is 0 Å². The number of nitrogens with zero attached hydrogens (tertiary/aromatic N) is 1. The van der Waals surface area contributed by atoms with Crippen LogP contribution in [0.2, 0.25) is 0 Å². The van der Waals surface area contributed by atoms with Gasteiger partial charge in [-0.05, 0) is 30.2 Å². The van der Waals surface area contributed by atoms with Crippen LogP contribution in [-0.2, 0) is 9.59 Å². The van der Waals surface area contributed by atoms with E-state index in [1.165, 1.54) is 4.90 Å². The van der Waals surface area contributed by atoms with Gasteiger partial charge in [-0.1, -0.05) is 0 Å². The molecule has 0 aromatic carbocycles. The molecule has 0 aliphatic carbocycles. The summed E-state index contributed by atoms with van der Waals surface area (Å²) in [5.74, 6) is 0. The van der Waals surface area contributed by atoms with Gasteiger partial charge in [0.05, 0.1) is 0 Å². The number of hydrogen-bond donors (Lipinski definition) is 0. The summed E-state index contributed by atoms with van der Waals surface area (Å²) in [6.45, 7) is 0. The number of halogens is 2. The van der Waals surface area contributed by atoms with Gasteiger partial charge in [-0.3, -0.25) is 14.5 Å². The molecule has 56 valence electrons. The van der Waals surface area contributed by atoms with Crippen molar-refractivity contribution in [2.75, 3.05) is 7.05 Å². The topological polar surface area (TPSA) is 37.1 Å². The van der Waals surface area contributed by atoms with E-state index in [1.807, 2.05) is 0 Å². The Morgan fingerprint density at radius 1 is 1.20 bits per heavy atom. The Morgan fingerprint density at radius 3 is 1.60 bits per heavy atom. The van der Waals surface area contributed by atoms with E-state index in [1.54, 1.807) is 7.05 Å². The van der Waals surface area contributed by atoms with Crippen molar-refractivity contribution in [2.24, 2.45) is 0 Å². The molecule has 0 radical (unpaired) electrons. The van der Waals surface area contributed by atoms with E-state index in [9.17, 15) is 9.59 Å². The maximum absolute atomic E-state index is 10.4. The minimum Gasteiger partial charge on any atom is -0.281 e. The monoisotopic (exact) mass is 181 g/mol. The molecule has 0 N–H and O–H groups in total. The predicted molar refractivity (Wildman–Crippen MR) is 37.1 cm³/mol. The van der Waals surface area contributed by atoms with Gasteiger partial charge in [0, 0.05) is 0 Å². The summed E-state index contributed by atoms with van der Waals surface area (Å²) >= 11 is 10.2. The van der Waals surface area contributed by atoms with Crippen molar-refractivity contribution in [1.82, 2.24) is 4.90 Å². The lowest BCUT2D eigenvalue weighted by Gasteiger charge is -1.81. The van der Waals surface area contributed by atoms with Crippen LogP contribution in [0, 0.1) is 0 Å². The minimum atomic E-state index is -0.526. The highest BCUT2D eigenvalue weighted by Gasteiger charge is 2.53. The molecule has 0 spiro atoms. The molecule has 0 aromatic rings. The first-order chi connectivity index (χ1) is 4.55. The highest BCUT2D eigenvalue weighted by molar-refractivity contribution is 6.69. The number of hydrogen-bond acceptors (Lipinski definition) is 3. The van der Waals surface area contributed by atoms with Gasteiger partial charge < -0.3 is 0 Å². The summed E-state index contributed by atoms with van der Waals surface area (Å²) in [6.07, 6.45) is 0. The smallest absolute Gasteiger partial charge is 0.240 e. The van der Waals surface area contributed by atoms with Crippen LogP contribution in [0.1, 0.15) is 0 Å². The number of carbonyl (C=O) groups is 2. The van der Waals surface area contributed by atoms with Gasteiger partial charge in [-0.25, -0.2) is 0 Å². The van der Waals surface area contributed by atoms with Gasteiger partial charge in [0.15, 0.2) is 0 Å². The van der Waals surface area contributed by atoms with Crippen LogP contribution < -0.4 is 0 Å². The van der Waals surface area contributed by atoms with Crippen molar-refractivity contribution >= 4 is 33.7 Å². The summed E-state index contributed by atoms with van der Waals surface area (Å²) in [7, 11) is 1.62. The van der Waals surface area contributed by atoms with Gasteiger partial charge in [-0.15, -0.1) is 0 Å². The highest BCUT2D eigenvalue weighted by atomic mass is 35.5. The Kier molecular flexibility index (Phi) is 1.99. The molecule has 0 bridgehead atoms. The fraction of sp³-hybridized carbons (Fsp3) is 0.600. The molecule has 3 nitrogen and oxygen atoms in total. The highest BCUT2D eigenvalue weighted by Crippen LogP contribution is 2.29. The number of carbonyl (C=O) groups excluding carboxylic acids is 2. The Labute approximate surface area is 67.9 Å². The molecule has 0 aromatic heterocycles. The molecule has 2 atom stereocenters. The molecule has 5 heteroatoms. The van der Waals surface area contributed by atoms with E-state index in [0.29, 0.717) is 0 Å². The Hall–Kier alpha value is -0.120. The fourth-order valence-electron chi connectivity index (χ4n) is 0.908. The summed E-state index contributed by atoms with van der Waals surface area (Å²) < 4.78 is 0. The molecule has 1 fully saturated rings. The second kappa shape index (κ2) is 2.49. The van der Waals surface area contributed by atoms with Crippen LogP contribution in [0.25, 0.3) is 0 Å². The lowest BCUT2D eigenvalue weighted by atomic mass is 10.4. The maximum atomic E-state index is 10.4. The summed E-state index contributed by atoms with van der Waals surface area (Å²) in [6, 6.07) is -0.988. The van der Waals surface area contributed by atoms with Crippen molar-refractivity contribution in [1.29, 1.82) is 0 Å². The Balaban J connectivity index is 2.57. The Bertz CT molecular complexity index is 174. The van der Waals surface area contributed by atoms with E-state index in [2.05, 4.69) is 0 Å². The van der Waals surface area contributed by atoms with Crippen LogP contribution in [0.3, 0.4) is 0 Å². The summed E-state index contributed by atoms with van der Waals surface area (Å²) in [4.78, 5) is 22.4. The third kappa shape index (κ3) is 1.17. The van der Waals surface area contributed by atoms with Gasteiger partial charge >= 0.3 is 0 Å². The average Bonchev–Trinajstić information content (AvgIpc) is 2.40. The van der Waals surface area contributed by atoms with E-state index >= 15 is 0 Å². The molecular weight excluding hydrogens is 177 g/mol. The molecule has 0 saturated carbocycles. The third-order valence-electron chi connectivity index (χ3n) is 1.55. The molecular formula is C5H5Cl2NO2. The standard InChI is InChI=1S/C5H5Cl2NO2/c1-8-2(4(6)9)3(8)5(7)10/h2-3H,1H3. The number of likely N-dealkylation sites (N-methyl/N-ethyl adjacent to an activating group) is 1. The zero-order chi connectivity index (χ0) is 7.89. The van der Waals surface area contributed by atoms with Gasteiger partial charge in [-0.2, -0.15) is 0 Å². The Morgan fingerprint density at radius 2 is 1.50 bits per heavy atom. The van der Waals surface area contributed by atoms with E-state index in [-0.39, 0.29) is 0 Å². The SMILES string of the molecule is CN1C(C(=O)Cl)C1C(=O)Cl. The van der Waals surface area contributed by atoms with Crippen molar-refractivity contribution < 1.29 is 9.59 Å². The third-order valence-corrected chi connectivity index (χ3v) is 2.00. The van der Waals surface area contributed by atoms with Crippen molar-refractivity contribution in [3.05, 3.63) is 0 Å². The van der Waals surface area contributed by atoms with E-state index in [0.717, 1.165) is 0 Å². The second-order valence-electron chi connectivity index (χ2n) is 2.16. The number of rotatable bonds is 2. The summed E-state index contributed by atoms with van der Waals surface area (Å²) in [5, 5.41) is -1.05. The van der Waals surface area contributed by atoms with Crippen LogP contribution in [0.4, 0.5) is 0 Å². The molecule has 1 aliphatic rings. The molecule has 1 aliphatic heterocycles. The first-order valence-corrected chi connectivity index (χ1v) is 3.42. The predicted octanol–water partition coefficient (Wildman–Crippen LogP) is 0.200. The van der Waals surface area contributed by atoms with E-state index in [4.69, 9.17) is 23.2 Å². The molecule has 1 saturated heterocycles. The lowest BCUT2D eigenvalue weighted by Crippen LogP contribution is -2.06. The first kappa shape index (κ1) is 7.98. The normalized spacial score (nSPS) is 37.3. The summed E-state index contributed by atoms with van der Waals surface area (Å²) in [5.41, 5.74) is 0. The zero-order valence-electron chi connectivity index (χ0n) is 5.17. The van der Waals surface area contributed by atoms with Crippen LogP contribution in [0.5, 0.6) is 0 Å².